The Labute approximate surface area is 234 Å². The zero-order valence-electron chi connectivity index (χ0n) is 22.9. The van der Waals surface area contributed by atoms with Crippen molar-refractivity contribution < 1.29 is 17.9 Å². The van der Waals surface area contributed by atoms with Crippen molar-refractivity contribution in [2.75, 3.05) is 30.7 Å². The Morgan fingerprint density at radius 2 is 1.82 bits per heavy atom. The van der Waals surface area contributed by atoms with Gasteiger partial charge in [-0.25, -0.2) is 28.4 Å². The van der Waals surface area contributed by atoms with Crippen LogP contribution in [0.15, 0.2) is 43.0 Å². The quantitative estimate of drug-likeness (QED) is 0.374. The molecule has 0 aliphatic heterocycles. The molecule has 0 radical (unpaired) electrons. The molecule has 2 saturated carbocycles. The third-order valence-corrected chi connectivity index (χ3v) is 9.34. The van der Waals surface area contributed by atoms with Crippen LogP contribution in [0.25, 0.3) is 11.3 Å². The molecule has 212 valence electrons. The SMILES string of the molecule is CCOc1cncc(-c2ccc(NC(=O)C3(c4ccnc(NS(=O)(=O)C5CC5)n4)CCC(N(C)C)CC3)nc2)n1. The molecule has 0 bridgehead atoms. The zero-order chi connectivity index (χ0) is 28.3. The van der Waals surface area contributed by atoms with Gasteiger partial charge in [-0.1, -0.05) is 0 Å². The Kier molecular flexibility index (Phi) is 7.95. The third kappa shape index (κ3) is 6.04. The summed E-state index contributed by atoms with van der Waals surface area (Å²) in [5.41, 5.74) is 0.867. The van der Waals surface area contributed by atoms with E-state index in [1.165, 1.54) is 6.20 Å². The molecule has 5 rings (SSSR count). The maximum Gasteiger partial charge on any atom is 0.237 e. The van der Waals surface area contributed by atoms with Gasteiger partial charge in [0.05, 0.1) is 41.1 Å². The van der Waals surface area contributed by atoms with Crippen molar-refractivity contribution in [1.82, 2.24) is 29.8 Å². The van der Waals surface area contributed by atoms with Gasteiger partial charge >= 0.3 is 0 Å². The largest absolute Gasteiger partial charge is 0.477 e. The molecule has 2 N–H and O–H groups in total. The van der Waals surface area contributed by atoms with E-state index in [4.69, 9.17) is 4.74 Å². The van der Waals surface area contributed by atoms with E-state index in [9.17, 15) is 13.2 Å². The summed E-state index contributed by atoms with van der Waals surface area (Å²) in [6.45, 7) is 2.36. The average Bonchev–Trinajstić information content (AvgIpc) is 3.80. The summed E-state index contributed by atoms with van der Waals surface area (Å²) in [6.07, 6.45) is 10.2. The number of carbonyl (C=O) groups is 1. The second kappa shape index (κ2) is 11.4. The molecule has 0 aromatic carbocycles. The molecule has 1 amide bonds. The molecular formula is C27H34N8O4S. The number of pyridine rings is 1. The van der Waals surface area contributed by atoms with Gasteiger partial charge < -0.3 is 15.0 Å². The van der Waals surface area contributed by atoms with Gasteiger partial charge in [0.2, 0.25) is 27.8 Å². The number of ether oxygens (including phenoxy) is 1. The first-order valence-corrected chi connectivity index (χ1v) is 15.0. The van der Waals surface area contributed by atoms with Crippen LogP contribution in [0.5, 0.6) is 5.88 Å². The number of amides is 1. The molecule has 0 saturated heterocycles. The first-order valence-electron chi connectivity index (χ1n) is 13.4. The van der Waals surface area contributed by atoms with Crippen LogP contribution >= 0.6 is 0 Å². The molecule has 0 spiro atoms. The molecule has 0 unspecified atom stereocenters. The predicted octanol–water partition coefficient (Wildman–Crippen LogP) is 3.01. The van der Waals surface area contributed by atoms with Gasteiger partial charge in [0, 0.05) is 24.0 Å². The number of anilines is 2. The highest BCUT2D eigenvalue weighted by Crippen LogP contribution is 2.41. The van der Waals surface area contributed by atoms with Crippen LogP contribution < -0.4 is 14.8 Å². The summed E-state index contributed by atoms with van der Waals surface area (Å²) in [5.74, 6) is 0.568. The molecule has 3 aromatic rings. The van der Waals surface area contributed by atoms with E-state index >= 15 is 0 Å². The second-order valence-corrected chi connectivity index (χ2v) is 12.4. The van der Waals surface area contributed by atoms with Crippen molar-refractivity contribution in [2.45, 2.75) is 62.2 Å². The first-order chi connectivity index (χ1) is 19.2. The number of rotatable bonds is 10. The van der Waals surface area contributed by atoms with Gasteiger partial charge in [-0.05, 0) is 77.7 Å². The van der Waals surface area contributed by atoms with E-state index in [1.807, 2.05) is 27.1 Å². The van der Waals surface area contributed by atoms with Crippen LogP contribution in [0.3, 0.4) is 0 Å². The van der Waals surface area contributed by atoms with Crippen LogP contribution in [-0.4, -0.2) is 76.1 Å². The van der Waals surface area contributed by atoms with E-state index < -0.39 is 20.7 Å². The van der Waals surface area contributed by atoms with Gasteiger partial charge in [-0.3, -0.25) is 14.5 Å². The maximum absolute atomic E-state index is 14.0. The molecule has 3 aromatic heterocycles. The number of carbonyl (C=O) groups excluding carboxylic acids is 1. The Balaban J connectivity index is 1.39. The minimum atomic E-state index is -3.54. The number of hydrogen-bond donors (Lipinski definition) is 2. The summed E-state index contributed by atoms with van der Waals surface area (Å²) in [4.78, 5) is 37.9. The number of nitrogens with one attached hydrogen (secondary N) is 2. The van der Waals surface area contributed by atoms with Crippen LogP contribution in [0.4, 0.5) is 11.8 Å². The summed E-state index contributed by atoms with van der Waals surface area (Å²) in [5, 5.41) is 2.57. The minimum absolute atomic E-state index is 0.0100. The average molecular weight is 567 g/mol. The summed E-state index contributed by atoms with van der Waals surface area (Å²) >= 11 is 0. The van der Waals surface area contributed by atoms with Crippen molar-refractivity contribution >= 4 is 27.7 Å². The Morgan fingerprint density at radius 3 is 2.48 bits per heavy atom. The lowest BCUT2D eigenvalue weighted by molar-refractivity contribution is -0.123. The van der Waals surface area contributed by atoms with Crippen LogP contribution in [0.2, 0.25) is 0 Å². The smallest absolute Gasteiger partial charge is 0.237 e. The lowest BCUT2D eigenvalue weighted by Gasteiger charge is -2.40. The van der Waals surface area contributed by atoms with E-state index in [0.29, 0.717) is 61.4 Å². The molecule has 13 heteroatoms. The van der Waals surface area contributed by atoms with Crippen molar-refractivity contribution in [3.63, 3.8) is 0 Å². The predicted molar refractivity (Wildman–Crippen MR) is 150 cm³/mol. The Bertz CT molecular complexity index is 1450. The van der Waals surface area contributed by atoms with Gasteiger partial charge in [0.15, 0.2) is 0 Å². The Hall–Kier alpha value is -3.71. The van der Waals surface area contributed by atoms with Crippen molar-refractivity contribution in [3.05, 3.63) is 48.7 Å². The highest BCUT2D eigenvalue weighted by atomic mass is 32.2. The van der Waals surface area contributed by atoms with Crippen LogP contribution in [0.1, 0.15) is 51.1 Å². The molecule has 0 atom stereocenters. The standard InChI is InChI=1S/C27H34N8O4S/c1-4-39-24-17-28-16-21(31-24)18-5-8-23(30-15-18)33-25(36)27(12-9-19(10-13-27)35(2)3)22-11-14-29-26(32-22)34-40(37,38)20-6-7-20/h5,8,11,14-17,19-20H,4,6-7,9-10,12-13H2,1-3H3,(H,29,32,34)(H,30,33,36). The normalized spacial score (nSPS) is 21.1. The highest BCUT2D eigenvalue weighted by Gasteiger charge is 2.45. The number of aromatic nitrogens is 5. The molecule has 40 heavy (non-hydrogen) atoms. The fraction of sp³-hybridized carbons (Fsp3) is 0.481. The van der Waals surface area contributed by atoms with E-state index in [1.54, 1.807) is 30.7 Å². The van der Waals surface area contributed by atoms with Crippen molar-refractivity contribution in [3.8, 4) is 17.1 Å². The zero-order valence-corrected chi connectivity index (χ0v) is 23.7. The summed E-state index contributed by atoms with van der Waals surface area (Å²) in [6, 6.07) is 5.57. The van der Waals surface area contributed by atoms with E-state index in [2.05, 4.69) is 39.9 Å². The van der Waals surface area contributed by atoms with E-state index in [0.717, 1.165) is 18.4 Å². The number of hydrogen-bond acceptors (Lipinski definition) is 10. The molecule has 2 aliphatic carbocycles. The van der Waals surface area contributed by atoms with Gasteiger partial charge in [-0.15, -0.1) is 0 Å². The fourth-order valence-electron chi connectivity index (χ4n) is 5.03. The molecule has 12 nitrogen and oxygen atoms in total. The lowest BCUT2D eigenvalue weighted by atomic mass is 9.69. The highest BCUT2D eigenvalue weighted by molar-refractivity contribution is 7.93. The van der Waals surface area contributed by atoms with Crippen LogP contribution in [-0.2, 0) is 20.2 Å². The Morgan fingerprint density at radius 1 is 1.05 bits per heavy atom. The van der Waals surface area contributed by atoms with Gasteiger partial charge in [0.1, 0.15) is 5.82 Å². The third-order valence-electron chi connectivity index (χ3n) is 7.52. The molecule has 3 heterocycles. The summed E-state index contributed by atoms with van der Waals surface area (Å²) in [7, 11) is 0.531. The number of sulfonamides is 1. The second-order valence-electron chi connectivity index (χ2n) is 10.5. The topological polar surface area (TPSA) is 152 Å². The van der Waals surface area contributed by atoms with Gasteiger partial charge in [-0.2, -0.15) is 0 Å². The fourth-order valence-corrected chi connectivity index (χ4v) is 6.31. The van der Waals surface area contributed by atoms with Gasteiger partial charge in [0.25, 0.3) is 0 Å². The maximum atomic E-state index is 14.0. The molecule has 2 fully saturated rings. The molecular weight excluding hydrogens is 532 g/mol. The molecule has 2 aliphatic rings. The van der Waals surface area contributed by atoms with Crippen molar-refractivity contribution in [2.24, 2.45) is 0 Å². The van der Waals surface area contributed by atoms with E-state index in [-0.39, 0.29) is 11.9 Å². The van der Waals surface area contributed by atoms with Crippen molar-refractivity contribution in [1.29, 1.82) is 0 Å². The summed E-state index contributed by atoms with van der Waals surface area (Å²) < 4.78 is 32.9. The number of nitrogens with zero attached hydrogens (tertiary/aromatic N) is 6. The lowest BCUT2D eigenvalue weighted by Crippen LogP contribution is -2.47. The monoisotopic (exact) mass is 566 g/mol. The minimum Gasteiger partial charge on any atom is -0.477 e. The van der Waals surface area contributed by atoms with Crippen LogP contribution in [0, 0.1) is 0 Å². The first kappa shape index (κ1) is 27.8.